The molecule has 0 spiro atoms. The largest absolute Gasteiger partial charge is 0.482 e. The molecular formula is C12H11FN2O3. The molecule has 2 aromatic rings. The summed E-state index contributed by atoms with van der Waals surface area (Å²) in [6, 6.07) is 3.97. The van der Waals surface area contributed by atoms with Crippen LogP contribution in [0.4, 0.5) is 4.39 Å². The first-order chi connectivity index (χ1) is 8.72. The fourth-order valence-corrected chi connectivity index (χ4v) is 1.34. The quantitative estimate of drug-likeness (QED) is 0.761. The molecule has 0 aliphatic heterocycles. The van der Waals surface area contributed by atoms with Crippen molar-refractivity contribution in [1.29, 1.82) is 0 Å². The molecule has 0 saturated carbocycles. The molecule has 0 radical (unpaired) electrons. The van der Waals surface area contributed by atoms with Crippen LogP contribution < -0.4 is 4.74 Å². The Morgan fingerprint density at radius 2 is 2.33 bits per heavy atom. The van der Waals surface area contributed by atoms with Crippen molar-refractivity contribution < 1.29 is 18.4 Å². The lowest BCUT2D eigenvalue weighted by Gasteiger charge is -2.04. The minimum absolute atomic E-state index is 0.0147. The van der Waals surface area contributed by atoms with Gasteiger partial charge in [0.25, 0.3) is 0 Å². The number of hydrogen-bond acceptors (Lipinski definition) is 5. The van der Waals surface area contributed by atoms with E-state index in [0.29, 0.717) is 24.4 Å². The lowest BCUT2D eigenvalue weighted by Crippen LogP contribution is -2.00. The van der Waals surface area contributed by atoms with E-state index in [4.69, 9.17) is 9.26 Å². The number of benzene rings is 1. The number of rotatable bonds is 5. The molecule has 6 heteroatoms. The molecule has 0 saturated heterocycles. The molecule has 0 aliphatic carbocycles. The molecule has 0 N–H and O–H groups in total. The van der Waals surface area contributed by atoms with Crippen molar-refractivity contribution in [3.05, 3.63) is 41.3 Å². The van der Waals surface area contributed by atoms with Gasteiger partial charge in [-0.25, -0.2) is 4.39 Å². The normalized spacial score (nSPS) is 10.3. The Balaban J connectivity index is 2.03. The number of aryl methyl sites for hydroxylation is 1. The number of halogens is 1. The topological polar surface area (TPSA) is 65.2 Å². The van der Waals surface area contributed by atoms with Gasteiger partial charge in [0.1, 0.15) is 6.29 Å². The first-order valence-corrected chi connectivity index (χ1v) is 5.42. The van der Waals surface area contributed by atoms with E-state index in [1.54, 1.807) is 0 Å². The van der Waals surface area contributed by atoms with Crippen LogP contribution in [-0.4, -0.2) is 16.4 Å². The molecule has 2 rings (SSSR count). The molecule has 1 aromatic carbocycles. The van der Waals surface area contributed by atoms with Gasteiger partial charge in [0.2, 0.25) is 11.7 Å². The zero-order chi connectivity index (χ0) is 13.0. The molecule has 0 fully saturated rings. The first-order valence-electron chi connectivity index (χ1n) is 5.42. The number of carbonyl (C=O) groups is 1. The maximum Gasteiger partial charge on any atom is 0.226 e. The lowest BCUT2D eigenvalue weighted by molar-refractivity contribution is 0.112. The average molecular weight is 250 g/mol. The zero-order valence-electron chi connectivity index (χ0n) is 9.72. The highest BCUT2D eigenvalue weighted by Crippen LogP contribution is 2.18. The van der Waals surface area contributed by atoms with E-state index < -0.39 is 5.82 Å². The Morgan fingerprint density at radius 3 is 2.94 bits per heavy atom. The minimum Gasteiger partial charge on any atom is -0.482 e. The summed E-state index contributed by atoms with van der Waals surface area (Å²) in [6.07, 6.45) is 1.20. The van der Waals surface area contributed by atoms with E-state index in [2.05, 4.69) is 10.1 Å². The van der Waals surface area contributed by atoms with Crippen LogP contribution in [0.15, 0.2) is 22.7 Å². The van der Waals surface area contributed by atoms with Crippen LogP contribution in [0.1, 0.15) is 29.0 Å². The van der Waals surface area contributed by atoms with Gasteiger partial charge in [-0.3, -0.25) is 4.79 Å². The number of nitrogens with zero attached hydrogens (tertiary/aromatic N) is 2. The number of ether oxygens (including phenoxy) is 1. The maximum atomic E-state index is 13.5. The summed E-state index contributed by atoms with van der Waals surface area (Å²) in [6.45, 7) is 1.90. The molecular weight excluding hydrogens is 239 g/mol. The Hall–Kier alpha value is -2.24. The number of carbonyl (C=O) groups excluding carboxylic acids is 1. The van der Waals surface area contributed by atoms with E-state index in [9.17, 15) is 9.18 Å². The third-order valence-electron chi connectivity index (χ3n) is 2.26. The van der Waals surface area contributed by atoms with Crippen LogP contribution >= 0.6 is 0 Å². The standard InChI is InChI=1S/C12H11FN2O3/c1-2-12-14-11(15-18-12)7-17-10-4-3-8(6-16)5-9(10)13/h3-6H,2,7H2,1H3. The third kappa shape index (κ3) is 2.71. The van der Waals surface area contributed by atoms with Crippen molar-refractivity contribution in [2.75, 3.05) is 0 Å². The zero-order valence-corrected chi connectivity index (χ0v) is 9.72. The van der Waals surface area contributed by atoms with Crippen LogP contribution in [-0.2, 0) is 13.0 Å². The molecule has 94 valence electrons. The number of aromatic nitrogens is 2. The van der Waals surface area contributed by atoms with E-state index in [-0.39, 0.29) is 17.9 Å². The molecule has 0 unspecified atom stereocenters. The minimum atomic E-state index is -0.598. The van der Waals surface area contributed by atoms with Gasteiger partial charge in [-0.05, 0) is 18.2 Å². The van der Waals surface area contributed by atoms with E-state index in [0.717, 1.165) is 6.07 Å². The second-order valence-electron chi connectivity index (χ2n) is 3.55. The van der Waals surface area contributed by atoms with E-state index in [1.807, 2.05) is 6.92 Å². The summed E-state index contributed by atoms with van der Waals surface area (Å²) >= 11 is 0. The number of aldehydes is 1. The van der Waals surface area contributed by atoms with Crippen LogP contribution in [0, 0.1) is 5.82 Å². The maximum absolute atomic E-state index is 13.5. The van der Waals surface area contributed by atoms with Gasteiger partial charge in [-0.1, -0.05) is 12.1 Å². The van der Waals surface area contributed by atoms with Crippen molar-refractivity contribution in [2.24, 2.45) is 0 Å². The lowest BCUT2D eigenvalue weighted by atomic mass is 10.2. The molecule has 0 aliphatic rings. The van der Waals surface area contributed by atoms with Crippen LogP contribution in [0.3, 0.4) is 0 Å². The van der Waals surface area contributed by atoms with E-state index in [1.165, 1.54) is 12.1 Å². The molecule has 5 nitrogen and oxygen atoms in total. The highest BCUT2D eigenvalue weighted by molar-refractivity contribution is 5.74. The Bertz CT molecular complexity index is 554. The second kappa shape index (κ2) is 5.39. The van der Waals surface area contributed by atoms with Crippen molar-refractivity contribution in [1.82, 2.24) is 10.1 Å². The predicted octanol–water partition coefficient (Wildman–Crippen LogP) is 2.16. The molecule has 0 bridgehead atoms. The molecule has 0 atom stereocenters. The molecule has 0 amide bonds. The Kier molecular flexibility index (Phi) is 3.66. The highest BCUT2D eigenvalue weighted by Gasteiger charge is 2.08. The van der Waals surface area contributed by atoms with Gasteiger partial charge in [0.15, 0.2) is 18.2 Å². The van der Waals surface area contributed by atoms with Crippen molar-refractivity contribution in [2.45, 2.75) is 20.0 Å². The average Bonchev–Trinajstić information content (AvgIpc) is 2.85. The summed E-state index contributed by atoms with van der Waals surface area (Å²) in [5.74, 6) is 0.304. The Morgan fingerprint density at radius 1 is 1.50 bits per heavy atom. The Labute approximate surface area is 103 Å². The fraction of sp³-hybridized carbons (Fsp3) is 0.250. The fourth-order valence-electron chi connectivity index (χ4n) is 1.34. The predicted molar refractivity (Wildman–Crippen MR) is 59.8 cm³/mol. The van der Waals surface area contributed by atoms with Crippen LogP contribution in [0.5, 0.6) is 5.75 Å². The molecule has 1 aromatic heterocycles. The highest BCUT2D eigenvalue weighted by atomic mass is 19.1. The van der Waals surface area contributed by atoms with Crippen molar-refractivity contribution in [3.63, 3.8) is 0 Å². The summed E-state index contributed by atoms with van der Waals surface area (Å²) < 4.78 is 23.6. The van der Waals surface area contributed by atoms with Crippen LogP contribution in [0.25, 0.3) is 0 Å². The van der Waals surface area contributed by atoms with Crippen molar-refractivity contribution in [3.8, 4) is 5.75 Å². The van der Waals surface area contributed by atoms with Gasteiger partial charge in [-0.15, -0.1) is 0 Å². The van der Waals surface area contributed by atoms with Gasteiger partial charge in [0.05, 0.1) is 0 Å². The van der Waals surface area contributed by atoms with Gasteiger partial charge in [-0.2, -0.15) is 4.98 Å². The SMILES string of the molecule is CCc1nc(COc2ccc(C=O)cc2F)no1. The summed E-state index contributed by atoms with van der Waals surface area (Å²) in [5, 5.41) is 3.68. The second-order valence-corrected chi connectivity index (χ2v) is 3.55. The summed E-state index contributed by atoms with van der Waals surface area (Å²) in [5.41, 5.74) is 0.257. The summed E-state index contributed by atoms with van der Waals surface area (Å²) in [7, 11) is 0. The van der Waals surface area contributed by atoms with Crippen molar-refractivity contribution >= 4 is 6.29 Å². The van der Waals surface area contributed by atoms with Gasteiger partial charge >= 0.3 is 0 Å². The third-order valence-corrected chi connectivity index (χ3v) is 2.26. The smallest absolute Gasteiger partial charge is 0.226 e. The van der Waals surface area contributed by atoms with Gasteiger partial charge < -0.3 is 9.26 Å². The first kappa shape index (κ1) is 12.2. The summed E-state index contributed by atoms with van der Waals surface area (Å²) in [4.78, 5) is 14.5. The van der Waals surface area contributed by atoms with E-state index >= 15 is 0 Å². The molecule has 1 heterocycles. The van der Waals surface area contributed by atoms with Gasteiger partial charge in [0, 0.05) is 12.0 Å². The monoisotopic (exact) mass is 250 g/mol. The van der Waals surface area contributed by atoms with Crippen LogP contribution in [0.2, 0.25) is 0 Å². The number of hydrogen-bond donors (Lipinski definition) is 0. The molecule has 18 heavy (non-hydrogen) atoms.